The fourth-order valence-corrected chi connectivity index (χ4v) is 1.39. The molecule has 0 bridgehead atoms. The molecule has 1 amide bonds. The van der Waals surface area contributed by atoms with Crippen molar-refractivity contribution in [3.63, 3.8) is 0 Å². The number of hydrogen-bond donors (Lipinski definition) is 0. The number of amides is 1. The van der Waals surface area contributed by atoms with Crippen LogP contribution in [0.3, 0.4) is 0 Å². The number of likely N-dealkylation sites (N-methyl/N-ethyl adjacent to an activating group) is 1. The lowest BCUT2D eigenvalue weighted by atomic mass is 10.2. The van der Waals surface area contributed by atoms with Crippen molar-refractivity contribution < 1.29 is 9.72 Å². The zero-order valence-corrected chi connectivity index (χ0v) is 9.13. The predicted octanol–water partition coefficient (Wildman–Crippen LogP) is 1.31. The average Bonchev–Trinajstić information content (AvgIpc) is 2.26. The van der Waals surface area contributed by atoms with Gasteiger partial charge in [0.1, 0.15) is 0 Å². The molecule has 0 fully saturated rings. The highest BCUT2D eigenvalue weighted by atomic mass is 16.6. The van der Waals surface area contributed by atoms with Crippen molar-refractivity contribution in [1.82, 2.24) is 4.90 Å². The standard InChI is InChI=1S/C11H14N2O3/c1-2-12(11(14)9-13(15)16)8-10-6-4-3-5-7-10/h3-7H,2,8-9H2,1H3. The number of nitrogens with zero attached hydrogens (tertiary/aromatic N) is 2. The van der Waals surface area contributed by atoms with Crippen molar-refractivity contribution in [2.75, 3.05) is 13.1 Å². The highest BCUT2D eigenvalue weighted by molar-refractivity contribution is 5.77. The monoisotopic (exact) mass is 222 g/mol. The summed E-state index contributed by atoms with van der Waals surface area (Å²) in [5.74, 6) is -0.448. The Kier molecular flexibility index (Phi) is 4.44. The van der Waals surface area contributed by atoms with Crippen LogP contribution >= 0.6 is 0 Å². The second-order valence-corrected chi connectivity index (χ2v) is 3.38. The Bertz CT molecular complexity index is 365. The Hall–Kier alpha value is -1.91. The van der Waals surface area contributed by atoms with Crippen molar-refractivity contribution in [2.24, 2.45) is 0 Å². The fraction of sp³-hybridized carbons (Fsp3) is 0.364. The van der Waals surface area contributed by atoms with Gasteiger partial charge in [-0.25, -0.2) is 0 Å². The molecule has 0 atom stereocenters. The van der Waals surface area contributed by atoms with Gasteiger partial charge in [-0.1, -0.05) is 30.3 Å². The van der Waals surface area contributed by atoms with E-state index in [9.17, 15) is 14.9 Å². The van der Waals surface area contributed by atoms with Crippen LogP contribution in [0.2, 0.25) is 0 Å². The van der Waals surface area contributed by atoms with Crippen molar-refractivity contribution in [2.45, 2.75) is 13.5 Å². The number of benzene rings is 1. The summed E-state index contributed by atoms with van der Waals surface area (Å²) < 4.78 is 0. The highest BCUT2D eigenvalue weighted by Crippen LogP contribution is 2.04. The van der Waals surface area contributed by atoms with Crippen molar-refractivity contribution in [3.05, 3.63) is 46.0 Å². The summed E-state index contributed by atoms with van der Waals surface area (Å²) in [7, 11) is 0. The van der Waals surface area contributed by atoms with E-state index < -0.39 is 17.4 Å². The largest absolute Gasteiger partial charge is 0.333 e. The molecule has 0 saturated heterocycles. The van der Waals surface area contributed by atoms with Crippen LogP contribution in [0.5, 0.6) is 0 Å². The molecule has 86 valence electrons. The normalized spacial score (nSPS) is 9.81. The van der Waals surface area contributed by atoms with Crippen molar-refractivity contribution in [1.29, 1.82) is 0 Å². The van der Waals surface area contributed by atoms with E-state index in [2.05, 4.69) is 0 Å². The van der Waals surface area contributed by atoms with Gasteiger partial charge in [0.2, 0.25) is 0 Å². The molecule has 5 nitrogen and oxygen atoms in total. The lowest BCUT2D eigenvalue weighted by Crippen LogP contribution is -2.34. The van der Waals surface area contributed by atoms with E-state index in [1.165, 1.54) is 4.90 Å². The van der Waals surface area contributed by atoms with Gasteiger partial charge in [-0.2, -0.15) is 0 Å². The topological polar surface area (TPSA) is 63.5 Å². The lowest BCUT2D eigenvalue weighted by Gasteiger charge is -2.18. The fourth-order valence-electron chi connectivity index (χ4n) is 1.39. The van der Waals surface area contributed by atoms with Crippen LogP contribution in [0.15, 0.2) is 30.3 Å². The SMILES string of the molecule is CCN(Cc1ccccc1)C(=O)C[N+](=O)[O-]. The molecule has 0 N–H and O–H groups in total. The Labute approximate surface area is 93.8 Å². The first-order valence-electron chi connectivity index (χ1n) is 5.07. The molecule has 0 aliphatic carbocycles. The molecule has 0 radical (unpaired) electrons. The minimum absolute atomic E-state index is 0.421. The molecule has 0 aliphatic rings. The Morgan fingerprint density at radius 2 is 2.00 bits per heavy atom. The van der Waals surface area contributed by atoms with Crippen LogP contribution in [0, 0.1) is 10.1 Å². The summed E-state index contributed by atoms with van der Waals surface area (Å²) in [6, 6.07) is 9.42. The van der Waals surface area contributed by atoms with Crippen LogP contribution in [-0.2, 0) is 11.3 Å². The summed E-state index contributed by atoms with van der Waals surface area (Å²) in [5, 5.41) is 10.2. The van der Waals surface area contributed by atoms with Crippen LogP contribution < -0.4 is 0 Å². The van der Waals surface area contributed by atoms with Gasteiger partial charge in [-0.15, -0.1) is 0 Å². The van der Waals surface area contributed by atoms with Gasteiger partial charge in [-0.3, -0.25) is 14.9 Å². The molecule has 0 aromatic heterocycles. The zero-order valence-electron chi connectivity index (χ0n) is 9.13. The second-order valence-electron chi connectivity index (χ2n) is 3.38. The minimum Gasteiger partial charge on any atom is -0.333 e. The summed E-state index contributed by atoms with van der Waals surface area (Å²) in [5.41, 5.74) is 0.973. The van der Waals surface area contributed by atoms with Crippen LogP contribution in [-0.4, -0.2) is 28.8 Å². The predicted molar refractivity (Wildman–Crippen MR) is 59.4 cm³/mol. The maximum absolute atomic E-state index is 11.5. The van der Waals surface area contributed by atoms with Gasteiger partial charge in [0.05, 0.1) is 0 Å². The smallest absolute Gasteiger partial charge is 0.294 e. The van der Waals surface area contributed by atoms with Gasteiger partial charge >= 0.3 is 0 Å². The molecule has 0 unspecified atom stereocenters. The van der Waals surface area contributed by atoms with E-state index in [0.29, 0.717) is 13.1 Å². The van der Waals surface area contributed by atoms with E-state index in [4.69, 9.17) is 0 Å². The van der Waals surface area contributed by atoms with Crippen LogP contribution in [0.4, 0.5) is 0 Å². The number of carbonyl (C=O) groups is 1. The number of carbonyl (C=O) groups excluding carboxylic acids is 1. The molecule has 1 aromatic carbocycles. The third-order valence-electron chi connectivity index (χ3n) is 2.22. The molecule has 5 heteroatoms. The summed E-state index contributed by atoms with van der Waals surface area (Å²) in [6.07, 6.45) is 0. The first kappa shape index (κ1) is 12.2. The molecular formula is C11H14N2O3. The molecule has 0 aliphatic heterocycles. The van der Waals surface area contributed by atoms with Crippen molar-refractivity contribution >= 4 is 5.91 Å². The first-order valence-corrected chi connectivity index (χ1v) is 5.07. The van der Waals surface area contributed by atoms with Gasteiger partial charge in [-0.05, 0) is 12.5 Å². The summed E-state index contributed by atoms with van der Waals surface area (Å²) in [4.78, 5) is 22.6. The van der Waals surface area contributed by atoms with Gasteiger partial charge in [0.15, 0.2) is 0 Å². The average molecular weight is 222 g/mol. The van der Waals surface area contributed by atoms with E-state index in [1.807, 2.05) is 30.3 Å². The van der Waals surface area contributed by atoms with Gasteiger partial charge in [0, 0.05) is 18.0 Å². The minimum atomic E-state index is -0.638. The van der Waals surface area contributed by atoms with Gasteiger partial charge in [0.25, 0.3) is 12.5 Å². The molecule has 0 heterocycles. The number of nitro groups is 1. The zero-order chi connectivity index (χ0) is 12.0. The summed E-state index contributed by atoms with van der Waals surface area (Å²) in [6.45, 7) is 2.06. The Balaban J connectivity index is 2.62. The molecule has 0 spiro atoms. The highest BCUT2D eigenvalue weighted by Gasteiger charge is 2.17. The van der Waals surface area contributed by atoms with E-state index in [0.717, 1.165) is 5.56 Å². The van der Waals surface area contributed by atoms with E-state index in [1.54, 1.807) is 6.92 Å². The maximum Gasteiger partial charge on any atom is 0.294 e. The maximum atomic E-state index is 11.5. The Morgan fingerprint density at radius 3 is 2.50 bits per heavy atom. The summed E-state index contributed by atoms with van der Waals surface area (Å²) >= 11 is 0. The second kappa shape index (κ2) is 5.85. The van der Waals surface area contributed by atoms with E-state index in [-0.39, 0.29) is 0 Å². The molecular weight excluding hydrogens is 208 g/mol. The van der Waals surface area contributed by atoms with Crippen molar-refractivity contribution in [3.8, 4) is 0 Å². The lowest BCUT2D eigenvalue weighted by molar-refractivity contribution is -0.468. The Morgan fingerprint density at radius 1 is 1.38 bits per heavy atom. The van der Waals surface area contributed by atoms with Gasteiger partial charge < -0.3 is 4.90 Å². The third-order valence-corrected chi connectivity index (χ3v) is 2.22. The van der Waals surface area contributed by atoms with E-state index >= 15 is 0 Å². The number of hydrogen-bond acceptors (Lipinski definition) is 3. The number of rotatable bonds is 5. The van der Waals surface area contributed by atoms with Crippen LogP contribution in [0.25, 0.3) is 0 Å². The molecule has 1 rings (SSSR count). The quantitative estimate of drug-likeness (QED) is 0.557. The molecule has 0 saturated carbocycles. The van der Waals surface area contributed by atoms with Crippen LogP contribution in [0.1, 0.15) is 12.5 Å². The molecule has 16 heavy (non-hydrogen) atoms. The third kappa shape index (κ3) is 3.68. The molecule has 1 aromatic rings. The first-order chi connectivity index (χ1) is 7.63.